The predicted molar refractivity (Wildman–Crippen MR) is 70.2 cm³/mol. The van der Waals surface area contributed by atoms with Gasteiger partial charge in [-0.2, -0.15) is 0 Å². The van der Waals surface area contributed by atoms with Crippen molar-refractivity contribution in [3.05, 3.63) is 34.9 Å². The first-order chi connectivity index (χ1) is 8.10. The van der Waals surface area contributed by atoms with E-state index in [4.69, 9.17) is 4.74 Å². The van der Waals surface area contributed by atoms with Crippen LogP contribution in [0.15, 0.2) is 18.2 Å². The van der Waals surface area contributed by atoms with Crippen LogP contribution in [0.5, 0.6) is 0 Å². The molecule has 0 N–H and O–H groups in total. The molecule has 0 aliphatic rings. The molecule has 0 spiro atoms. The lowest BCUT2D eigenvalue weighted by Crippen LogP contribution is -2.11. The number of carbonyl (C=O) groups is 1. The number of esters is 1. The Morgan fingerprint density at radius 2 is 2.12 bits per heavy atom. The Morgan fingerprint density at radius 3 is 2.71 bits per heavy atom. The number of rotatable bonds is 5. The standard InChI is InChI=1S/C15H22O2/c1-5-6-7-13-10-14(9-8-11(13)2)12(3)15(16)17-4/h8-10,12H,5-7H2,1-4H3. The number of methoxy groups -OCH3 is 1. The molecule has 0 heterocycles. The molecule has 0 saturated carbocycles. The Balaban J connectivity index is 2.91. The Hall–Kier alpha value is -1.31. The van der Waals surface area contributed by atoms with Crippen LogP contribution in [0.2, 0.25) is 0 Å². The first kappa shape index (κ1) is 13.8. The highest BCUT2D eigenvalue weighted by Crippen LogP contribution is 2.21. The molecule has 0 amide bonds. The molecule has 1 aromatic carbocycles. The van der Waals surface area contributed by atoms with Crippen LogP contribution in [-0.4, -0.2) is 13.1 Å². The van der Waals surface area contributed by atoms with Crippen molar-refractivity contribution < 1.29 is 9.53 Å². The lowest BCUT2D eigenvalue weighted by Gasteiger charge is -2.13. The van der Waals surface area contributed by atoms with Crippen molar-refractivity contribution in [2.45, 2.75) is 46.0 Å². The summed E-state index contributed by atoms with van der Waals surface area (Å²) in [5, 5.41) is 0. The van der Waals surface area contributed by atoms with Crippen LogP contribution in [-0.2, 0) is 16.0 Å². The van der Waals surface area contributed by atoms with E-state index in [0.717, 1.165) is 12.0 Å². The van der Waals surface area contributed by atoms with Crippen molar-refractivity contribution in [3.8, 4) is 0 Å². The van der Waals surface area contributed by atoms with Gasteiger partial charge in [0.05, 0.1) is 13.0 Å². The lowest BCUT2D eigenvalue weighted by atomic mass is 9.94. The quantitative estimate of drug-likeness (QED) is 0.727. The fraction of sp³-hybridized carbons (Fsp3) is 0.533. The number of hydrogen-bond donors (Lipinski definition) is 0. The number of ether oxygens (including phenoxy) is 1. The topological polar surface area (TPSA) is 26.3 Å². The summed E-state index contributed by atoms with van der Waals surface area (Å²) in [6.07, 6.45) is 3.47. The second kappa shape index (κ2) is 6.43. The van der Waals surface area contributed by atoms with E-state index in [-0.39, 0.29) is 11.9 Å². The highest BCUT2D eigenvalue weighted by molar-refractivity contribution is 5.77. The average Bonchev–Trinajstić information content (AvgIpc) is 2.36. The van der Waals surface area contributed by atoms with Crippen LogP contribution >= 0.6 is 0 Å². The summed E-state index contributed by atoms with van der Waals surface area (Å²) in [6.45, 7) is 6.20. The van der Waals surface area contributed by atoms with Gasteiger partial charge < -0.3 is 4.74 Å². The summed E-state index contributed by atoms with van der Waals surface area (Å²) >= 11 is 0. The molecular formula is C15H22O2. The van der Waals surface area contributed by atoms with E-state index >= 15 is 0 Å². The molecule has 0 radical (unpaired) electrons. The number of unbranched alkanes of at least 4 members (excludes halogenated alkanes) is 1. The summed E-state index contributed by atoms with van der Waals surface area (Å²) in [7, 11) is 1.44. The van der Waals surface area contributed by atoms with Gasteiger partial charge >= 0.3 is 5.97 Å². The molecule has 94 valence electrons. The third kappa shape index (κ3) is 3.58. The SMILES string of the molecule is CCCCc1cc(C(C)C(=O)OC)ccc1C. The van der Waals surface area contributed by atoms with Crippen molar-refractivity contribution in [1.29, 1.82) is 0 Å². The van der Waals surface area contributed by atoms with Gasteiger partial charge in [0, 0.05) is 0 Å². The molecule has 1 atom stereocenters. The molecule has 0 bridgehead atoms. The van der Waals surface area contributed by atoms with Gasteiger partial charge in [0.2, 0.25) is 0 Å². The number of benzene rings is 1. The molecule has 2 nitrogen and oxygen atoms in total. The van der Waals surface area contributed by atoms with Crippen molar-refractivity contribution >= 4 is 5.97 Å². The normalized spacial score (nSPS) is 12.2. The fourth-order valence-electron chi connectivity index (χ4n) is 1.91. The van der Waals surface area contributed by atoms with Gasteiger partial charge in [0.15, 0.2) is 0 Å². The van der Waals surface area contributed by atoms with Crippen LogP contribution < -0.4 is 0 Å². The molecular weight excluding hydrogens is 212 g/mol. The van der Waals surface area contributed by atoms with Crippen LogP contribution in [0.4, 0.5) is 0 Å². The minimum Gasteiger partial charge on any atom is -0.469 e. The van der Waals surface area contributed by atoms with Crippen LogP contribution in [0.25, 0.3) is 0 Å². The molecule has 0 aliphatic carbocycles. The first-order valence-electron chi connectivity index (χ1n) is 6.27. The van der Waals surface area contributed by atoms with E-state index in [2.05, 4.69) is 26.0 Å². The zero-order valence-electron chi connectivity index (χ0n) is 11.2. The Bertz CT molecular complexity index is 383. The summed E-state index contributed by atoms with van der Waals surface area (Å²) in [5.41, 5.74) is 3.70. The Labute approximate surface area is 104 Å². The second-order valence-electron chi connectivity index (χ2n) is 4.53. The third-order valence-corrected chi connectivity index (χ3v) is 3.23. The number of aryl methyl sites for hydroxylation is 2. The van der Waals surface area contributed by atoms with Gasteiger partial charge in [-0.25, -0.2) is 0 Å². The van der Waals surface area contributed by atoms with Gasteiger partial charge in [-0.1, -0.05) is 31.5 Å². The van der Waals surface area contributed by atoms with Gasteiger partial charge in [-0.05, 0) is 43.4 Å². The highest BCUT2D eigenvalue weighted by Gasteiger charge is 2.16. The van der Waals surface area contributed by atoms with Crippen LogP contribution in [0.3, 0.4) is 0 Å². The smallest absolute Gasteiger partial charge is 0.312 e. The van der Waals surface area contributed by atoms with Crippen molar-refractivity contribution in [2.24, 2.45) is 0 Å². The minimum atomic E-state index is -0.180. The van der Waals surface area contributed by atoms with Crippen molar-refractivity contribution in [2.75, 3.05) is 7.11 Å². The summed E-state index contributed by atoms with van der Waals surface area (Å²) in [5.74, 6) is -0.351. The Morgan fingerprint density at radius 1 is 1.41 bits per heavy atom. The third-order valence-electron chi connectivity index (χ3n) is 3.23. The molecule has 2 heteroatoms. The molecule has 0 aliphatic heterocycles. The van der Waals surface area contributed by atoms with Crippen LogP contribution in [0.1, 0.15) is 49.3 Å². The highest BCUT2D eigenvalue weighted by atomic mass is 16.5. The van der Waals surface area contributed by atoms with E-state index in [1.54, 1.807) is 0 Å². The van der Waals surface area contributed by atoms with Gasteiger partial charge in [0.25, 0.3) is 0 Å². The van der Waals surface area contributed by atoms with E-state index in [1.165, 1.54) is 31.1 Å². The maximum absolute atomic E-state index is 11.5. The maximum atomic E-state index is 11.5. The molecule has 1 aromatic rings. The molecule has 1 unspecified atom stereocenters. The molecule has 0 saturated heterocycles. The lowest BCUT2D eigenvalue weighted by molar-refractivity contribution is -0.141. The van der Waals surface area contributed by atoms with Crippen LogP contribution in [0, 0.1) is 6.92 Å². The molecule has 17 heavy (non-hydrogen) atoms. The summed E-state index contributed by atoms with van der Waals surface area (Å²) in [4.78, 5) is 11.5. The number of hydrogen-bond acceptors (Lipinski definition) is 2. The number of carbonyl (C=O) groups excluding carboxylic acids is 1. The summed E-state index contributed by atoms with van der Waals surface area (Å²) in [6, 6.07) is 6.26. The van der Waals surface area contributed by atoms with Crippen molar-refractivity contribution in [1.82, 2.24) is 0 Å². The second-order valence-corrected chi connectivity index (χ2v) is 4.53. The van der Waals surface area contributed by atoms with E-state index in [1.807, 2.05) is 13.0 Å². The first-order valence-corrected chi connectivity index (χ1v) is 6.27. The van der Waals surface area contributed by atoms with E-state index in [0.29, 0.717) is 0 Å². The minimum absolute atomic E-state index is 0.171. The van der Waals surface area contributed by atoms with Gasteiger partial charge in [-0.3, -0.25) is 4.79 Å². The molecule has 1 rings (SSSR count). The van der Waals surface area contributed by atoms with E-state index < -0.39 is 0 Å². The predicted octanol–water partition coefficient (Wildman–Crippen LogP) is 3.61. The average molecular weight is 234 g/mol. The van der Waals surface area contributed by atoms with Gasteiger partial charge in [-0.15, -0.1) is 0 Å². The molecule has 0 aromatic heterocycles. The van der Waals surface area contributed by atoms with E-state index in [9.17, 15) is 4.79 Å². The largest absolute Gasteiger partial charge is 0.469 e. The Kier molecular flexibility index (Phi) is 5.20. The summed E-state index contributed by atoms with van der Waals surface area (Å²) < 4.78 is 4.78. The zero-order chi connectivity index (χ0) is 12.8. The molecule has 0 fully saturated rings. The zero-order valence-corrected chi connectivity index (χ0v) is 11.2. The maximum Gasteiger partial charge on any atom is 0.312 e. The fourth-order valence-corrected chi connectivity index (χ4v) is 1.91. The monoisotopic (exact) mass is 234 g/mol. The van der Waals surface area contributed by atoms with Crippen molar-refractivity contribution in [3.63, 3.8) is 0 Å². The van der Waals surface area contributed by atoms with Gasteiger partial charge in [0.1, 0.15) is 0 Å².